The standard InChI is InChI=1S/C9H20N4/c1-6-9(7(2)3)11-12-13(10)8(4)5/h6-8H,10H2,1-5H3/b9-6-,12-11?. The number of allylic oxidation sites excluding steroid dienone is 2. The number of hydrazine groups is 1. The van der Waals surface area contributed by atoms with Gasteiger partial charge in [-0.3, -0.25) is 0 Å². The predicted octanol–water partition coefficient (Wildman–Crippen LogP) is 2.50. The Morgan fingerprint density at radius 3 is 2.15 bits per heavy atom. The Balaban J connectivity index is 4.24. The van der Waals surface area contributed by atoms with E-state index in [1.807, 2.05) is 26.8 Å². The summed E-state index contributed by atoms with van der Waals surface area (Å²) in [5.74, 6) is 5.95. The predicted molar refractivity (Wildman–Crippen MR) is 54.6 cm³/mol. The molecule has 0 aliphatic heterocycles. The van der Waals surface area contributed by atoms with Crippen molar-refractivity contribution in [1.29, 1.82) is 0 Å². The van der Waals surface area contributed by atoms with E-state index in [1.165, 1.54) is 5.12 Å². The summed E-state index contributed by atoms with van der Waals surface area (Å²) in [4.78, 5) is 0. The van der Waals surface area contributed by atoms with Gasteiger partial charge in [-0.15, -0.1) is 5.11 Å². The molecule has 13 heavy (non-hydrogen) atoms. The largest absolute Gasteiger partial charge is 0.230 e. The van der Waals surface area contributed by atoms with Gasteiger partial charge in [-0.05, 0) is 26.7 Å². The molecule has 0 bridgehead atoms. The average Bonchev–Trinajstić information content (AvgIpc) is 2.04. The van der Waals surface area contributed by atoms with Crippen LogP contribution in [0.25, 0.3) is 0 Å². The molecule has 0 aromatic carbocycles. The van der Waals surface area contributed by atoms with Crippen LogP contribution >= 0.6 is 0 Å². The van der Waals surface area contributed by atoms with Crippen LogP contribution in [0, 0.1) is 5.92 Å². The zero-order valence-corrected chi connectivity index (χ0v) is 9.15. The molecule has 0 spiro atoms. The molecular formula is C9H20N4. The Bertz CT molecular complexity index is 194. The third-order valence-electron chi connectivity index (χ3n) is 1.68. The Kier molecular flexibility index (Phi) is 5.30. The number of nitrogens with zero attached hydrogens (tertiary/aromatic N) is 3. The van der Waals surface area contributed by atoms with Crippen LogP contribution in [0.4, 0.5) is 0 Å². The van der Waals surface area contributed by atoms with Crippen molar-refractivity contribution in [3.05, 3.63) is 11.8 Å². The number of hydrogen-bond acceptors (Lipinski definition) is 3. The first-order valence-electron chi connectivity index (χ1n) is 4.60. The van der Waals surface area contributed by atoms with Gasteiger partial charge in [-0.2, -0.15) is 0 Å². The molecule has 0 amide bonds. The number of nitrogens with two attached hydrogens (primary N) is 1. The topological polar surface area (TPSA) is 54.0 Å². The second-order valence-electron chi connectivity index (χ2n) is 3.53. The monoisotopic (exact) mass is 184 g/mol. The Hall–Kier alpha value is -0.900. The fourth-order valence-corrected chi connectivity index (χ4v) is 0.713. The van der Waals surface area contributed by atoms with Crippen molar-refractivity contribution in [2.24, 2.45) is 22.1 Å². The van der Waals surface area contributed by atoms with Gasteiger partial charge in [0, 0.05) is 0 Å². The smallest absolute Gasteiger partial charge is 0.0631 e. The molecule has 0 unspecified atom stereocenters. The second kappa shape index (κ2) is 5.70. The summed E-state index contributed by atoms with van der Waals surface area (Å²) in [7, 11) is 0. The molecule has 0 aliphatic rings. The molecule has 0 atom stereocenters. The van der Waals surface area contributed by atoms with E-state index in [9.17, 15) is 0 Å². The zero-order valence-electron chi connectivity index (χ0n) is 9.15. The van der Waals surface area contributed by atoms with Gasteiger partial charge in [-0.25, -0.2) is 11.0 Å². The normalized spacial score (nSPS) is 13.4. The highest BCUT2D eigenvalue weighted by molar-refractivity contribution is 4.99. The number of hydrogen-bond donors (Lipinski definition) is 1. The Morgan fingerprint density at radius 2 is 1.85 bits per heavy atom. The molecule has 0 saturated heterocycles. The van der Waals surface area contributed by atoms with Crippen molar-refractivity contribution in [2.75, 3.05) is 0 Å². The van der Waals surface area contributed by atoms with E-state index in [0.29, 0.717) is 5.92 Å². The minimum Gasteiger partial charge on any atom is -0.230 e. The van der Waals surface area contributed by atoms with Gasteiger partial charge in [0.15, 0.2) is 0 Å². The van der Waals surface area contributed by atoms with E-state index < -0.39 is 0 Å². The van der Waals surface area contributed by atoms with Gasteiger partial charge in [0.1, 0.15) is 0 Å². The van der Waals surface area contributed by atoms with Crippen LogP contribution in [0.15, 0.2) is 22.1 Å². The van der Waals surface area contributed by atoms with Crippen molar-refractivity contribution in [3.8, 4) is 0 Å². The molecule has 0 radical (unpaired) electrons. The first kappa shape index (κ1) is 12.1. The summed E-state index contributed by atoms with van der Waals surface area (Å²) < 4.78 is 0. The summed E-state index contributed by atoms with van der Waals surface area (Å²) in [6.45, 7) is 10.0. The first-order valence-corrected chi connectivity index (χ1v) is 4.60. The molecule has 0 aliphatic carbocycles. The lowest BCUT2D eigenvalue weighted by molar-refractivity contribution is 0.221. The summed E-state index contributed by atoms with van der Waals surface area (Å²) >= 11 is 0. The van der Waals surface area contributed by atoms with Gasteiger partial charge in [0.05, 0.1) is 11.7 Å². The van der Waals surface area contributed by atoms with E-state index >= 15 is 0 Å². The third kappa shape index (κ3) is 4.62. The summed E-state index contributed by atoms with van der Waals surface area (Å²) in [5, 5.41) is 9.29. The van der Waals surface area contributed by atoms with Crippen molar-refractivity contribution in [1.82, 2.24) is 5.12 Å². The quantitative estimate of drug-likeness (QED) is 0.414. The van der Waals surface area contributed by atoms with Crippen LogP contribution in [0.3, 0.4) is 0 Å². The summed E-state index contributed by atoms with van der Waals surface area (Å²) in [6, 6.07) is 0.175. The lowest BCUT2D eigenvalue weighted by Gasteiger charge is -2.15. The van der Waals surface area contributed by atoms with Crippen LogP contribution in [0.5, 0.6) is 0 Å². The summed E-state index contributed by atoms with van der Waals surface area (Å²) in [5.41, 5.74) is 0.955. The van der Waals surface area contributed by atoms with Gasteiger partial charge in [0.2, 0.25) is 0 Å². The molecule has 2 N–H and O–H groups in total. The lowest BCUT2D eigenvalue weighted by atomic mass is 10.1. The highest BCUT2D eigenvalue weighted by Gasteiger charge is 2.02. The van der Waals surface area contributed by atoms with Gasteiger partial charge < -0.3 is 0 Å². The maximum absolute atomic E-state index is 5.57. The van der Waals surface area contributed by atoms with Crippen LogP contribution < -0.4 is 5.84 Å². The molecule has 0 fully saturated rings. The molecular weight excluding hydrogens is 164 g/mol. The van der Waals surface area contributed by atoms with Crippen LogP contribution in [-0.2, 0) is 0 Å². The maximum Gasteiger partial charge on any atom is 0.0631 e. The SMILES string of the molecule is C/C=C(\N=NN(N)C(C)C)C(C)C. The highest BCUT2D eigenvalue weighted by Crippen LogP contribution is 2.11. The molecule has 4 heteroatoms. The van der Waals surface area contributed by atoms with Gasteiger partial charge in [0.25, 0.3) is 0 Å². The lowest BCUT2D eigenvalue weighted by Crippen LogP contribution is -2.31. The van der Waals surface area contributed by atoms with Crippen LogP contribution in [0.1, 0.15) is 34.6 Å². The minimum atomic E-state index is 0.175. The fraction of sp³-hybridized carbons (Fsp3) is 0.778. The van der Waals surface area contributed by atoms with Crippen LogP contribution in [0.2, 0.25) is 0 Å². The number of rotatable bonds is 4. The molecule has 0 saturated carbocycles. The molecule has 0 aromatic rings. The third-order valence-corrected chi connectivity index (χ3v) is 1.68. The first-order chi connectivity index (χ1) is 5.99. The minimum absolute atomic E-state index is 0.175. The van der Waals surface area contributed by atoms with Crippen molar-refractivity contribution in [3.63, 3.8) is 0 Å². The molecule has 4 nitrogen and oxygen atoms in total. The highest BCUT2D eigenvalue weighted by atomic mass is 15.7. The van der Waals surface area contributed by atoms with Gasteiger partial charge >= 0.3 is 0 Å². The molecule has 0 rings (SSSR count). The maximum atomic E-state index is 5.57. The average molecular weight is 184 g/mol. The van der Waals surface area contributed by atoms with Crippen molar-refractivity contribution in [2.45, 2.75) is 40.7 Å². The molecule has 0 aromatic heterocycles. The van der Waals surface area contributed by atoms with Crippen molar-refractivity contribution < 1.29 is 0 Å². The van der Waals surface area contributed by atoms with E-state index in [0.717, 1.165) is 5.70 Å². The van der Waals surface area contributed by atoms with E-state index in [2.05, 4.69) is 24.2 Å². The Morgan fingerprint density at radius 1 is 1.31 bits per heavy atom. The van der Waals surface area contributed by atoms with Crippen molar-refractivity contribution >= 4 is 0 Å². The molecule has 76 valence electrons. The van der Waals surface area contributed by atoms with E-state index in [1.54, 1.807) is 0 Å². The van der Waals surface area contributed by atoms with Crippen LogP contribution in [-0.4, -0.2) is 11.2 Å². The molecule has 0 heterocycles. The fourth-order valence-electron chi connectivity index (χ4n) is 0.713. The zero-order chi connectivity index (χ0) is 10.4. The Labute approximate surface area is 80.5 Å². The summed E-state index contributed by atoms with van der Waals surface area (Å²) in [6.07, 6.45) is 1.95. The second-order valence-corrected chi connectivity index (χ2v) is 3.53. The van der Waals surface area contributed by atoms with E-state index in [-0.39, 0.29) is 6.04 Å². The van der Waals surface area contributed by atoms with Gasteiger partial charge in [-0.1, -0.05) is 25.1 Å². The van der Waals surface area contributed by atoms with E-state index in [4.69, 9.17) is 5.84 Å².